The fraction of sp³-hybridized carbons (Fsp3) is 0.100. The first-order valence-corrected chi connectivity index (χ1v) is 9.88. The second-order valence-electron chi connectivity index (χ2n) is 5.95. The summed E-state index contributed by atoms with van der Waals surface area (Å²) >= 11 is 1.57. The molecule has 8 heteroatoms. The van der Waals surface area contributed by atoms with Crippen LogP contribution in [0, 0.1) is 0 Å². The number of amides is 1. The molecule has 3 aromatic heterocycles. The minimum Gasteiger partial charge on any atom is -0.348 e. The van der Waals surface area contributed by atoms with Crippen LogP contribution in [0.15, 0.2) is 78.6 Å². The summed E-state index contributed by atoms with van der Waals surface area (Å²) < 4.78 is 3.67. The molecule has 0 saturated heterocycles. The monoisotopic (exact) mass is 390 g/mol. The van der Waals surface area contributed by atoms with Gasteiger partial charge < -0.3 is 5.32 Å². The van der Waals surface area contributed by atoms with Crippen LogP contribution in [0.4, 0.5) is 0 Å². The number of nitrogens with one attached hydrogen (secondary N) is 1. The molecule has 0 unspecified atom stereocenters. The number of thioether (sulfide) groups is 1. The molecule has 1 amide bonds. The molecular formula is C20H18N6OS. The number of hydrogen-bond acceptors (Lipinski definition) is 5. The van der Waals surface area contributed by atoms with Crippen molar-refractivity contribution in [3.63, 3.8) is 0 Å². The van der Waals surface area contributed by atoms with E-state index in [4.69, 9.17) is 0 Å². The first kappa shape index (κ1) is 18.0. The van der Waals surface area contributed by atoms with Gasteiger partial charge in [0.2, 0.25) is 0 Å². The summed E-state index contributed by atoms with van der Waals surface area (Å²) in [7, 11) is 0. The van der Waals surface area contributed by atoms with E-state index in [1.165, 1.54) is 0 Å². The molecule has 4 aromatic rings. The topological polar surface area (TPSA) is 77.6 Å². The van der Waals surface area contributed by atoms with Crippen LogP contribution in [0.5, 0.6) is 0 Å². The molecule has 0 radical (unpaired) electrons. The molecule has 7 nitrogen and oxygen atoms in total. The van der Waals surface area contributed by atoms with Crippen molar-refractivity contribution in [2.75, 3.05) is 6.26 Å². The molecule has 0 aliphatic carbocycles. The summed E-state index contributed by atoms with van der Waals surface area (Å²) in [6, 6.07) is 13.1. The number of hydrogen-bond donors (Lipinski definition) is 1. The second-order valence-corrected chi connectivity index (χ2v) is 6.72. The average Bonchev–Trinajstić information content (AvgIpc) is 3.44. The van der Waals surface area contributed by atoms with Gasteiger partial charge in [0.05, 0.1) is 0 Å². The second kappa shape index (κ2) is 8.10. The molecule has 0 spiro atoms. The molecule has 0 bridgehead atoms. The summed E-state index contributed by atoms with van der Waals surface area (Å²) in [5.41, 5.74) is 2.45. The molecule has 0 fully saturated rings. The van der Waals surface area contributed by atoms with Crippen LogP contribution in [-0.2, 0) is 6.54 Å². The molecule has 3 heterocycles. The Morgan fingerprint density at radius 2 is 1.89 bits per heavy atom. The van der Waals surface area contributed by atoms with Crippen molar-refractivity contribution in [2.24, 2.45) is 0 Å². The van der Waals surface area contributed by atoms with Crippen LogP contribution in [0.25, 0.3) is 11.5 Å². The van der Waals surface area contributed by atoms with Gasteiger partial charge in [0.25, 0.3) is 5.91 Å². The van der Waals surface area contributed by atoms with Gasteiger partial charge in [-0.05, 0) is 42.7 Å². The lowest BCUT2D eigenvalue weighted by Gasteiger charge is -2.10. The number of benzene rings is 1. The van der Waals surface area contributed by atoms with E-state index in [-0.39, 0.29) is 5.91 Å². The number of pyridine rings is 1. The first-order chi connectivity index (χ1) is 13.8. The van der Waals surface area contributed by atoms with Gasteiger partial charge in [0.1, 0.15) is 0 Å². The van der Waals surface area contributed by atoms with Crippen molar-refractivity contribution in [2.45, 2.75) is 11.7 Å². The number of imidazole rings is 1. The third-order valence-electron chi connectivity index (χ3n) is 4.23. The van der Waals surface area contributed by atoms with Gasteiger partial charge in [0, 0.05) is 54.3 Å². The largest absolute Gasteiger partial charge is 0.348 e. The van der Waals surface area contributed by atoms with Crippen molar-refractivity contribution in [3.8, 4) is 11.5 Å². The van der Waals surface area contributed by atoms with Gasteiger partial charge in [0.15, 0.2) is 11.0 Å². The van der Waals surface area contributed by atoms with Crippen LogP contribution >= 0.6 is 11.8 Å². The van der Waals surface area contributed by atoms with E-state index in [9.17, 15) is 4.79 Å². The van der Waals surface area contributed by atoms with Crippen molar-refractivity contribution in [1.29, 1.82) is 0 Å². The zero-order chi connectivity index (χ0) is 19.3. The summed E-state index contributed by atoms with van der Waals surface area (Å²) in [5, 5.41) is 8.07. The molecule has 28 heavy (non-hydrogen) atoms. The predicted octanol–water partition coefficient (Wildman–Crippen LogP) is 3.10. The zero-order valence-electron chi connectivity index (χ0n) is 15.2. The van der Waals surface area contributed by atoms with Crippen LogP contribution in [0.2, 0.25) is 0 Å². The van der Waals surface area contributed by atoms with E-state index in [2.05, 4.69) is 20.4 Å². The Morgan fingerprint density at radius 3 is 2.64 bits per heavy atom. The van der Waals surface area contributed by atoms with Crippen molar-refractivity contribution >= 4 is 17.7 Å². The normalized spacial score (nSPS) is 10.8. The number of rotatable bonds is 6. The van der Waals surface area contributed by atoms with Crippen LogP contribution < -0.4 is 5.32 Å². The van der Waals surface area contributed by atoms with Crippen molar-refractivity contribution in [1.82, 2.24) is 29.6 Å². The Balaban J connectivity index is 1.47. The number of nitrogens with zero attached hydrogens (tertiary/aromatic N) is 5. The lowest BCUT2D eigenvalue weighted by Crippen LogP contribution is -2.23. The highest BCUT2D eigenvalue weighted by atomic mass is 32.2. The number of carbonyl (C=O) groups is 1. The van der Waals surface area contributed by atoms with Crippen molar-refractivity contribution < 1.29 is 4.79 Å². The highest BCUT2D eigenvalue weighted by molar-refractivity contribution is 7.98. The van der Waals surface area contributed by atoms with Crippen LogP contribution in [0.1, 0.15) is 15.9 Å². The third kappa shape index (κ3) is 3.67. The summed E-state index contributed by atoms with van der Waals surface area (Å²) in [6.45, 7) is 0.363. The van der Waals surface area contributed by atoms with Gasteiger partial charge in [-0.15, -0.1) is 0 Å². The lowest BCUT2D eigenvalue weighted by molar-refractivity contribution is 0.0951. The molecule has 1 aromatic carbocycles. The summed E-state index contributed by atoms with van der Waals surface area (Å²) in [4.78, 5) is 21.2. The molecule has 4 rings (SSSR count). The maximum Gasteiger partial charge on any atom is 0.251 e. The predicted molar refractivity (Wildman–Crippen MR) is 108 cm³/mol. The smallest absolute Gasteiger partial charge is 0.251 e. The minimum atomic E-state index is -0.141. The zero-order valence-corrected chi connectivity index (χ0v) is 16.0. The van der Waals surface area contributed by atoms with Gasteiger partial charge in [-0.1, -0.05) is 17.8 Å². The highest BCUT2D eigenvalue weighted by Crippen LogP contribution is 2.18. The molecule has 0 aliphatic heterocycles. The van der Waals surface area contributed by atoms with Crippen LogP contribution in [-0.4, -0.2) is 36.5 Å². The Kier molecular flexibility index (Phi) is 5.20. The Hall–Kier alpha value is -3.39. The molecule has 0 aliphatic rings. The van der Waals surface area contributed by atoms with E-state index in [0.29, 0.717) is 17.9 Å². The fourth-order valence-corrected chi connectivity index (χ4v) is 3.39. The van der Waals surface area contributed by atoms with E-state index >= 15 is 0 Å². The van der Waals surface area contributed by atoms with Gasteiger partial charge in [-0.25, -0.2) is 14.6 Å². The summed E-state index contributed by atoms with van der Waals surface area (Å²) in [5.74, 6) is 0.561. The van der Waals surface area contributed by atoms with Gasteiger partial charge >= 0.3 is 0 Å². The molecule has 1 N–H and O–H groups in total. The number of carbonyl (C=O) groups excluding carboxylic acids is 1. The highest BCUT2D eigenvalue weighted by Gasteiger charge is 2.10. The number of aromatic nitrogens is 5. The van der Waals surface area contributed by atoms with Gasteiger partial charge in [-0.3, -0.25) is 9.36 Å². The average molecular weight is 390 g/mol. The molecule has 0 saturated carbocycles. The SMILES string of the molecule is CSc1nccn1-c1ccc(C(=O)NCc2cccnc2-n2cccn2)cc1. The van der Waals surface area contributed by atoms with E-state index in [1.807, 2.05) is 65.7 Å². The molecule has 0 atom stereocenters. The summed E-state index contributed by atoms with van der Waals surface area (Å²) in [6.07, 6.45) is 10.9. The fourth-order valence-electron chi connectivity index (χ4n) is 2.86. The van der Waals surface area contributed by atoms with E-state index < -0.39 is 0 Å². The van der Waals surface area contributed by atoms with E-state index in [0.717, 1.165) is 16.4 Å². The van der Waals surface area contributed by atoms with Gasteiger partial charge in [-0.2, -0.15) is 5.10 Å². The standard InChI is InChI=1S/C20H18N6OS/c1-28-20-22-11-13-25(20)17-7-5-15(6-8-17)19(27)23-14-16-4-2-9-21-18(16)26-12-3-10-24-26/h2-13H,14H2,1H3,(H,23,27). The minimum absolute atomic E-state index is 0.141. The van der Waals surface area contributed by atoms with Crippen molar-refractivity contribution in [3.05, 3.63) is 84.6 Å². The molecular weight excluding hydrogens is 372 g/mol. The maximum absolute atomic E-state index is 12.6. The Bertz CT molecular complexity index is 1070. The Labute approximate surface area is 166 Å². The first-order valence-electron chi connectivity index (χ1n) is 8.66. The molecule has 140 valence electrons. The third-order valence-corrected chi connectivity index (χ3v) is 4.89. The van der Waals surface area contributed by atoms with E-state index in [1.54, 1.807) is 35.0 Å². The van der Waals surface area contributed by atoms with Crippen LogP contribution in [0.3, 0.4) is 0 Å². The Morgan fingerprint density at radius 1 is 1.04 bits per heavy atom. The quantitative estimate of drug-likeness (QED) is 0.512. The lowest BCUT2D eigenvalue weighted by atomic mass is 10.2. The maximum atomic E-state index is 12.6.